The van der Waals surface area contributed by atoms with E-state index in [4.69, 9.17) is 0 Å². The molecule has 1 aromatic carbocycles. The second-order valence-electron chi connectivity index (χ2n) is 6.01. The lowest BCUT2D eigenvalue weighted by atomic mass is 10.1. The zero-order valence-electron chi connectivity index (χ0n) is 14.3. The van der Waals surface area contributed by atoms with Crippen LogP contribution in [0.3, 0.4) is 0 Å². The highest BCUT2D eigenvalue weighted by Gasteiger charge is 2.19. The van der Waals surface area contributed by atoms with Crippen molar-refractivity contribution in [2.75, 3.05) is 18.0 Å². The number of benzene rings is 1. The van der Waals surface area contributed by atoms with Gasteiger partial charge in [0.15, 0.2) is 0 Å². The maximum Gasteiger partial charge on any atom is 0.262 e. The molecule has 2 rings (SSSR count). The number of halogens is 1. The summed E-state index contributed by atoms with van der Waals surface area (Å²) < 4.78 is 0.966. The predicted molar refractivity (Wildman–Crippen MR) is 102 cm³/mol. The van der Waals surface area contributed by atoms with E-state index in [0.717, 1.165) is 54.5 Å². The summed E-state index contributed by atoms with van der Waals surface area (Å²) >= 11 is 3.59. The topological polar surface area (TPSA) is 56.1 Å². The van der Waals surface area contributed by atoms with E-state index in [1.165, 1.54) is 0 Å². The molecule has 0 radical (unpaired) electrons. The van der Waals surface area contributed by atoms with Crippen molar-refractivity contribution in [2.24, 2.45) is 0 Å². The Morgan fingerprint density at radius 3 is 2.58 bits per heavy atom. The fourth-order valence-electron chi connectivity index (χ4n) is 3.08. The average Bonchev–Trinajstić information content (AvgIpc) is 3.08. The van der Waals surface area contributed by atoms with Crippen LogP contribution in [-0.4, -0.2) is 25.0 Å². The summed E-state index contributed by atoms with van der Waals surface area (Å²) in [5.41, 5.74) is 2.12. The molecule has 0 bridgehead atoms. The Morgan fingerprint density at radius 2 is 2.04 bits per heavy atom. The number of nitrogens with zero attached hydrogens (tertiary/aromatic N) is 2. The van der Waals surface area contributed by atoms with Crippen molar-refractivity contribution in [1.82, 2.24) is 5.32 Å². The molecule has 5 heteroatoms. The Morgan fingerprint density at radius 1 is 1.38 bits per heavy atom. The van der Waals surface area contributed by atoms with Gasteiger partial charge in [-0.1, -0.05) is 18.9 Å². The second-order valence-corrected chi connectivity index (χ2v) is 6.86. The fourth-order valence-corrected chi connectivity index (χ4v) is 3.73. The maximum absolute atomic E-state index is 12.3. The molecule has 4 nitrogen and oxygen atoms in total. The third-order valence-corrected chi connectivity index (χ3v) is 5.08. The first-order valence-electron chi connectivity index (χ1n) is 8.56. The number of rotatable bonds is 6. The van der Waals surface area contributed by atoms with Gasteiger partial charge in [0.2, 0.25) is 0 Å². The highest BCUT2D eigenvalue weighted by molar-refractivity contribution is 9.10. The monoisotopic (exact) mass is 389 g/mol. The lowest BCUT2D eigenvalue weighted by molar-refractivity contribution is -0.117. The van der Waals surface area contributed by atoms with E-state index in [1.807, 2.05) is 24.3 Å². The van der Waals surface area contributed by atoms with Gasteiger partial charge in [0, 0.05) is 23.6 Å². The van der Waals surface area contributed by atoms with Gasteiger partial charge in [0.25, 0.3) is 5.91 Å². The van der Waals surface area contributed by atoms with Crippen LogP contribution in [-0.2, 0) is 4.79 Å². The smallest absolute Gasteiger partial charge is 0.262 e. The molecule has 0 heterocycles. The molecule has 1 aromatic rings. The van der Waals surface area contributed by atoms with Crippen LogP contribution in [0.4, 0.5) is 5.69 Å². The minimum Gasteiger partial charge on any atom is -0.371 e. The maximum atomic E-state index is 12.3. The summed E-state index contributed by atoms with van der Waals surface area (Å²) in [7, 11) is 0. The number of nitriles is 1. The molecule has 1 N–H and O–H groups in total. The molecule has 1 aliphatic carbocycles. The van der Waals surface area contributed by atoms with Crippen LogP contribution >= 0.6 is 15.9 Å². The van der Waals surface area contributed by atoms with Crippen molar-refractivity contribution in [3.05, 3.63) is 33.8 Å². The molecule has 0 aromatic heterocycles. The molecule has 0 aliphatic heterocycles. The molecule has 1 fully saturated rings. The van der Waals surface area contributed by atoms with Gasteiger partial charge in [-0.2, -0.15) is 5.26 Å². The van der Waals surface area contributed by atoms with Crippen LogP contribution in [0.1, 0.15) is 45.1 Å². The van der Waals surface area contributed by atoms with E-state index < -0.39 is 0 Å². The minimum atomic E-state index is -0.270. The van der Waals surface area contributed by atoms with Crippen LogP contribution in [0.5, 0.6) is 0 Å². The number of carbonyl (C=O) groups excluding carboxylic acids is 1. The van der Waals surface area contributed by atoms with Crippen LogP contribution in [0.15, 0.2) is 28.2 Å². The van der Waals surface area contributed by atoms with Crippen molar-refractivity contribution in [3.8, 4) is 6.07 Å². The summed E-state index contributed by atoms with van der Waals surface area (Å²) in [6.45, 7) is 6.09. The average molecular weight is 390 g/mol. The van der Waals surface area contributed by atoms with Gasteiger partial charge in [0.05, 0.1) is 5.69 Å². The largest absolute Gasteiger partial charge is 0.371 e. The number of anilines is 1. The molecular weight excluding hydrogens is 366 g/mol. The molecule has 24 heavy (non-hydrogen) atoms. The van der Waals surface area contributed by atoms with Gasteiger partial charge in [-0.3, -0.25) is 4.79 Å². The van der Waals surface area contributed by atoms with Crippen molar-refractivity contribution in [1.29, 1.82) is 5.26 Å². The third-order valence-electron chi connectivity index (χ3n) is 4.44. The Bertz CT molecular complexity index is 653. The van der Waals surface area contributed by atoms with Crippen molar-refractivity contribution >= 4 is 33.6 Å². The zero-order valence-corrected chi connectivity index (χ0v) is 15.9. The fraction of sp³-hybridized carbons (Fsp3) is 0.474. The van der Waals surface area contributed by atoms with E-state index in [1.54, 1.807) is 6.08 Å². The number of amides is 1. The van der Waals surface area contributed by atoms with Crippen LogP contribution in [0.2, 0.25) is 0 Å². The first-order valence-corrected chi connectivity index (χ1v) is 9.35. The van der Waals surface area contributed by atoms with E-state index in [9.17, 15) is 10.1 Å². The standard InChI is InChI=1S/C19H24BrN3O/c1-3-23(4-2)18-10-9-14(12-17(18)20)11-15(13-21)19(24)22-16-7-5-6-8-16/h9-12,16H,3-8H2,1-2H3,(H,22,24)/b15-11-. The van der Waals surface area contributed by atoms with E-state index in [2.05, 4.69) is 40.0 Å². The van der Waals surface area contributed by atoms with Crippen molar-refractivity contribution < 1.29 is 4.79 Å². The Balaban J connectivity index is 2.16. The third kappa shape index (κ3) is 4.61. The molecule has 0 spiro atoms. The van der Waals surface area contributed by atoms with Gasteiger partial charge in [-0.15, -0.1) is 0 Å². The van der Waals surface area contributed by atoms with Crippen LogP contribution in [0, 0.1) is 11.3 Å². The number of hydrogen-bond acceptors (Lipinski definition) is 3. The zero-order chi connectivity index (χ0) is 17.5. The van der Waals surface area contributed by atoms with E-state index in [-0.39, 0.29) is 17.5 Å². The molecule has 0 atom stereocenters. The molecule has 0 unspecified atom stereocenters. The van der Waals surface area contributed by atoms with Crippen LogP contribution < -0.4 is 10.2 Å². The van der Waals surface area contributed by atoms with Gasteiger partial charge in [0.1, 0.15) is 11.6 Å². The predicted octanol–water partition coefficient (Wildman–Crippen LogP) is 4.26. The molecule has 0 saturated heterocycles. The first kappa shape index (κ1) is 18.5. The Labute approximate surface area is 152 Å². The van der Waals surface area contributed by atoms with Gasteiger partial charge < -0.3 is 10.2 Å². The summed E-state index contributed by atoms with van der Waals surface area (Å²) in [5, 5.41) is 12.3. The molecule has 1 aliphatic rings. The number of nitrogens with one attached hydrogen (secondary N) is 1. The van der Waals surface area contributed by atoms with E-state index >= 15 is 0 Å². The molecule has 1 saturated carbocycles. The minimum absolute atomic E-state index is 0.157. The van der Waals surface area contributed by atoms with Gasteiger partial charge in [-0.25, -0.2) is 0 Å². The molecular formula is C19H24BrN3O. The Kier molecular flexibility index (Phi) is 6.86. The first-order chi connectivity index (χ1) is 11.6. The van der Waals surface area contributed by atoms with Gasteiger partial charge in [-0.05, 0) is 66.4 Å². The highest BCUT2D eigenvalue weighted by atomic mass is 79.9. The summed E-state index contributed by atoms with van der Waals surface area (Å²) in [6.07, 6.45) is 5.97. The SMILES string of the molecule is CCN(CC)c1ccc(/C=C(/C#N)C(=O)NC2CCCC2)cc1Br. The number of hydrogen-bond donors (Lipinski definition) is 1. The second kappa shape index (κ2) is 8.89. The van der Waals surface area contributed by atoms with Gasteiger partial charge >= 0.3 is 0 Å². The highest BCUT2D eigenvalue weighted by Crippen LogP contribution is 2.28. The normalized spacial score (nSPS) is 15.2. The van der Waals surface area contributed by atoms with Crippen molar-refractivity contribution in [3.63, 3.8) is 0 Å². The lowest BCUT2D eigenvalue weighted by Gasteiger charge is -2.22. The quantitative estimate of drug-likeness (QED) is 0.583. The van der Waals surface area contributed by atoms with E-state index in [0.29, 0.717) is 0 Å². The van der Waals surface area contributed by atoms with Crippen molar-refractivity contribution in [2.45, 2.75) is 45.6 Å². The molecule has 128 valence electrons. The summed E-state index contributed by atoms with van der Waals surface area (Å²) in [4.78, 5) is 14.5. The number of carbonyl (C=O) groups is 1. The summed E-state index contributed by atoms with van der Waals surface area (Å²) in [5.74, 6) is -0.270. The Hall–Kier alpha value is -1.80. The summed E-state index contributed by atoms with van der Waals surface area (Å²) in [6, 6.07) is 8.16. The van der Waals surface area contributed by atoms with Crippen LogP contribution in [0.25, 0.3) is 6.08 Å². The lowest BCUT2D eigenvalue weighted by Crippen LogP contribution is -2.33. The molecule has 1 amide bonds.